The summed E-state index contributed by atoms with van der Waals surface area (Å²) in [4.78, 5) is 15.0. The number of ether oxygens (including phenoxy) is 3. The Morgan fingerprint density at radius 3 is 2.07 bits per heavy atom. The van der Waals surface area contributed by atoms with Gasteiger partial charge < -0.3 is 23.7 Å². The van der Waals surface area contributed by atoms with E-state index in [1.54, 1.807) is 4.90 Å². The highest BCUT2D eigenvalue weighted by Crippen LogP contribution is 2.44. The van der Waals surface area contributed by atoms with Crippen molar-refractivity contribution in [3.8, 4) is 0 Å². The lowest BCUT2D eigenvalue weighted by Crippen LogP contribution is -2.52. The van der Waals surface area contributed by atoms with Gasteiger partial charge in [-0.15, -0.1) is 0 Å². The number of hydrogen-bond donors (Lipinski definition) is 1. The van der Waals surface area contributed by atoms with E-state index in [2.05, 4.69) is 33.9 Å². The molecule has 0 radical (unpaired) electrons. The van der Waals surface area contributed by atoms with E-state index in [9.17, 15) is 9.90 Å². The Hall–Kier alpha value is -0.673. The van der Waals surface area contributed by atoms with Gasteiger partial charge in [-0.1, -0.05) is 20.8 Å². The predicted molar refractivity (Wildman–Crippen MR) is 119 cm³/mol. The molecule has 0 spiro atoms. The quantitative estimate of drug-likeness (QED) is 0.615. The van der Waals surface area contributed by atoms with Crippen LogP contribution in [0.4, 0.5) is 4.79 Å². The summed E-state index contributed by atoms with van der Waals surface area (Å²) in [5, 5.41) is 9.48. The lowest BCUT2D eigenvalue weighted by atomic mass is 10.0. The Balaban J connectivity index is 2.35. The van der Waals surface area contributed by atoms with Crippen molar-refractivity contribution < 1.29 is 28.5 Å². The van der Waals surface area contributed by atoms with Crippen LogP contribution in [0.3, 0.4) is 0 Å². The van der Waals surface area contributed by atoms with Crippen molar-refractivity contribution in [2.75, 3.05) is 13.2 Å². The van der Waals surface area contributed by atoms with Crippen LogP contribution in [0.1, 0.15) is 68.2 Å². The summed E-state index contributed by atoms with van der Waals surface area (Å²) in [5.41, 5.74) is -0.609. The van der Waals surface area contributed by atoms with Crippen LogP contribution in [0, 0.1) is 0 Å². The van der Waals surface area contributed by atoms with Crippen LogP contribution < -0.4 is 0 Å². The second-order valence-corrected chi connectivity index (χ2v) is 16.3. The molecule has 1 amide bonds. The van der Waals surface area contributed by atoms with E-state index in [4.69, 9.17) is 18.6 Å². The second kappa shape index (κ2) is 8.69. The molecule has 7 nitrogen and oxygen atoms in total. The SMILES string of the molecule is CC(C)(C)OC(=O)N1[C@@H](CO[Si](C)(C)C(C)(C)C)[C@@H]2OC(C)(C)O[C@@H]2[C@@H]1CCCO. The number of carbonyl (C=O) groups excluding carboxylic acids is 1. The van der Waals surface area contributed by atoms with Gasteiger partial charge in [-0.05, 0) is 65.6 Å². The van der Waals surface area contributed by atoms with Gasteiger partial charge in [0, 0.05) is 6.61 Å². The highest BCUT2D eigenvalue weighted by molar-refractivity contribution is 6.74. The molecule has 4 atom stereocenters. The molecule has 2 saturated heterocycles. The first-order valence-corrected chi connectivity index (χ1v) is 14.0. The highest BCUT2D eigenvalue weighted by Gasteiger charge is 2.60. The minimum atomic E-state index is -2.03. The van der Waals surface area contributed by atoms with E-state index >= 15 is 0 Å². The van der Waals surface area contributed by atoms with E-state index in [-0.39, 0.29) is 42.0 Å². The van der Waals surface area contributed by atoms with Crippen molar-refractivity contribution in [1.82, 2.24) is 4.90 Å². The first-order chi connectivity index (χ1) is 13.5. The number of carbonyl (C=O) groups is 1. The number of rotatable bonds is 6. The molecule has 0 bridgehead atoms. The van der Waals surface area contributed by atoms with Crippen LogP contribution in [-0.2, 0) is 18.6 Å². The van der Waals surface area contributed by atoms with Crippen LogP contribution >= 0.6 is 0 Å². The summed E-state index contributed by atoms with van der Waals surface area (Å²) in [5.74, 6) is -0.720. The van der Waals surface area contributed by atoms with Gasteiger partial charge in [0.05, 0.1) is 18.7 Å². The number of fused-ring (bicyclic) bond motifs is 1. The maximum absolute atomic E-state index is 13.2. The first kappa shape index (κ1) is 25.6. The fourth-order valence-corrected chi connectivity index (χ4v) is 4.87. The van der Waals surface area contributed by atoms with Gasteiger partial charge in [-0.25, -0.2) is 4.79 Å². The average molecular weight is 446 g/mol. The van der Waals surface area contributed by atoms with Crippen LogP contribution in [0.2, 0.25) is 18.1 Å². The summed E-state index contributed by atoms with van der Waals surface area (Å²) < 4.78 is 24.8. The Morgan fingerprint density at radius 2 is 1.60 bits per heavy atom. The smallest absolute Gasteiger partial charge is 0.411 e. The van der Waals surface area contributed by atoms with Gasteiger partial charge in [0.25, 0.3) is 0 Å². The maximum Gasteiger partial charge on any atom is 0.411 e. The third kappa shape index (κ3) is 5.76. The van der Waals surface area contributed by atoms with E-state index in [1.165, 1.54) is 0 Å². The fourth-order valence-electron chi connectivity index (χ4n) is 3.85. The fraction of sp³-hybridized carbons (Fsp3) is 0.955. The molecule has 0 aliphatic carbocycles. The molecular formula is C22H43NO6Si. The normalized spacial score (nSPS) is 29.2. The third-order valence-corrected chi connectivity index (χ3v) is 10.8. The molecule has 2 aliphatic heterocycles. The van der Waals surface area contributed by atoms with Crippen molar-refractivity contribution in [3.63, 3.8) is 0 Å². The number of nitrogens with zero attached hydrogens (tertiary/aromatic N) is 1. The molecule has 2 rings (SSSR count). The summed E-state index contributed by atoms with van der Waals surface area (Å²) in [7, 11) is -2.03. The summed E-state index contributed by atoms with van der Waals surface area (Å²) >= 11 is 0. The van der Waals surface area contributed by atoms with Gasteiger partial charge in [0.15, 0.2) is 14.1 Å². The van der Waals surface area contributed by atoms with Gasteiger partial charge in [-0.2, -0.15) is 0 Å². The highest BCUT2D eigenvalue weighted by atomic mass is 28.4. The molecule has 1 N–H and O–H groups in total. The number of hydrogen-bond acceptors (Lipinski definition) is 6. The summed E-state index contributed by atoms with van der Waals surface area (Å²) in [6.45, 7) is 20.8. The number of amides is 1. The molecule has 2 aliphatic rings. The lowest BCUT2D eigenvalue weighted by molar-refractivity contribution is -0.168. The van der Waals surface area contributed by atoms with E-state index in [0.717, 1.165) is 0 Å². The Kier molecular flexibility index (Phi) is 7.41. The zero-order valence-electron chi connectivity index (χ0n) is 20.6. The molecule has 2 heterocycles. The van der Waals surface area contributed by atoms with Crippen molar-refractivity contribution in [1.29, 1.82) is 0 Å². The molecule has 176 valence electrons. The standard InChI is InChI=1S/C22H43NO6Si/c1-20(2,3)29-19(25)23-15(12-11-13-24)17-18(28-22(7,8)27-17)16(23)14-26-30(9,10)21(4,5)6/h15-18,24H,11-14H2,1-10H3/t15-,16-,17+,18-/m0/s1. The summed E-state index contributed by atoms with van der Waals surface area (Å²) in [6.07, 6.45) is 0.251. The molecule has 2 fully saturated rings. The maximum atomic E-state index is 13.2. The predicted octanol–water partition coefficient (Wildman–Crippen LogP) is 4.29. The molecule has 0 aromatic heterocycles. The monoisotopic (exact) mass is 445 g/mol. The van der Waals surface area contributed by atoms with E-state index in [1.807, 2.05) is 34.6 Å². The minimum Gasteiger partial charge on any atom is -0.444 e. The molecule has 30 heavy (non-hydrogen) atoms. The summed E-state index contributed by atoms with van der Waals surface area (Å²) in [6, 6.07) is -0.531. The lowest BCUT2D eigenvalue weighted by Gasteiger charge is -2.40. The average Bonchev–Trinajstić information content (AvgIpc) is 2.98. The Labute approximate surface area is 183 Å². The van der Waals surface area contributed by atoms with Gasteiger partial charge in [0.1, 0.15) is 17.8 Å². The third-order valence-electron chi connectivity index (χ3n) is 6.32. The Bertz CT molecular complexity index is 610. The van der Waals surface area contributed by atoms with Crippen LogP contribution in [-0.4, -0.2) is 73.3 Å². The molecule has 0 saturated carbocycles. The van der Waals surface area contributed by atoms with Crippen LogP contribution in [0.25, 0.3) is 0 Å². The first-order valence-electron chi connectivity index (χ1n) is 11.1. The van der Waals surface area contributed by atoms with Crippen molar-refractivity contribution in [2.45, 2.75) is 122 Å². The van der Waals surface area contributed by atoms with Crippen LogP contribution in [0.15, 0.2) is 0 Å². The largest absolute Gasteiger partial charge is 0.444 e. The van der Waals surface area contributed by atoms with E-state index < -0.39 is 19.7 Å². The number of likely N-dealkylation sites (tertiary alicyclic amines) is 1. The van der Waals surface area contributed by atoms with Gasteiger partial charge >= 0.3 is 6.09 Å². The van der Waals surface area contributed by atoms with Crippen LogP contribution in [0.5, 0.6) is 0 Å². The van der Waals surface area contributed by atoms with E-state index in [0.29, 0.717) is 19.4 Å². The topological polar surface area (TPSA) is 77.5 Å². The zero-order valence-corrected chi connectivity index (χ0v) is 21.6. The van der Waals surface area contributed by atoms with Crippen molar-refractivity contribution in [3.05, 3.63) is 0 Å². The molecule has 0 unspecified atom stereocenters. The number of aliphatic hydroxyl groups is 1. The number of aliphatic hydroxyl groups excluding tert-OH is 1. The molecule has 8 heteroatoms. The Morgan fingerprint density at radius 1 is 1.07 bits per heavy atom. The van der Waals surface area contributed by atoms with Crippen molar-refractivity contribution >= 4 is 14.4 Å². The molecular weight excluding hydrogens is 402 g/mol. The van der Waals surface area contributed by atoms with Gasteiger partial charge in [0.2, 0.25) is 0 Å². The minimum absolute atomic E-state index is 0.0599. The van der Waals surface area contributed by atoms with Gasteiger partial charge in [-0.3, -0.25) is 4.90 Å². The molecule has 0 aromatic rings. The second-order valence-electron chi connectivity index (χ2n) is 11.5. The molecule has 0 aromatic carbocycles. The zero-order chi connectivity index (χ0) is 23.1. The van der Waals surface area contributed by atoms with Crippen molar-refractivity contribution in [2.24, 2.45) is 0 Å².